The van der Waals surface area contributed by atoms with Gasteiger partial charge in [0.15, 0.2) is 5.15 Å². The van der Waals surface area contributed by atoms with Crippen LogP contribution in [0.4, 0.5) is 5.82 Å². The lowest BCUT2D eigenvalue weighted by Gasteiger charge is -1.93. The summed E-state index contributed by atoms with van der Waals surface area (Å²) in [7, 11) is 0. The minimum atomic E-state index is 0.322. The summed E-state index contributed by atoms with van der Waals surface area (Å²) in [5.74, 6) is 0.346. The monoisotopic (exact) mass is 256 g/mol. The summed E-state index contributed by atoms with van der Waals surface area (Å²) in [6, 6.07) is 1.64. The highest BCUT2D eigenvalue weighted by Crippen LogP contribution is 2.23. The highest BCUT2D eigenvalue weighted by Gasteiger charge is 2.10. The second-order valence-electron chi connectivity index (χ2n) is 2.28. The average molecular weight is 257 g/mol. The van der Waals surface area contributed by atoms with E-state index in [0.717, 1.165) is 4.47 Å². The number of imidazole rings is 1. The van der Waals surface area contributed by atoms with Gasteiger partial charge < -0.3 is 4.85 Å². The molecule has 0 amide bonds. The standard InChI is InChI=1S/C7H2BrClN4/c1-10-6-3-11-7-4(8)2-5(9)12-13(6)7/h2-3H. The quantitative estimate of drug-likeness (QED) is 0.680. The maximum Gasteiger partial charge on any atom is 0.275 e. The van der Waals surface area contributed by atoms with Gasteiger partial charge in [0.25, 0.3) is 5.82 Å². The van der Waals surface area contributed by atoms with Crippen LogP contribution in [0.15, 0.2) is 16.7 Å². The van der Waals surface area contributed by atoms with E-state index in [1.807, 2.05) is 0 Å². The van der Waals surface area contributed by atoms with Crippen molar-refractivity contribution in [1.29, 1.82) is 0 Å². The van der Waals surface area contributed by atoms with Gasteiger partial charge in [0, 0.05) is 0 Å². The van der Waals surface area contributed by atoms with Gasteiger partial charge >= 0.3 is 0 Å². The molecule has 4 nitrogen and oxygen atoms in total. The van der Waals surface area contributed by atoms with Crippen molar-refractivity contribution in [1.82, 2.24) is 14.6 Å². The molecule has 2 aromatic rings. The number of hydrogen-bond donors (Lipinski definition) is 0. The van der Waals surface area contributed by atoms with Gasteiger partial charge in [-0.1, -0.05) is 23.3 Å². The third kappa shape index (κ3) is 1.28. The molecule has 0 aromatic carbocycles. The van der Waals surface area contributed by atoms with Gasteiger partial charge in [-0.3, -0.25) is 0 Å². The molecule has 0 spiro atoms. The van der Waals surface area contributed by atoms with E-state index in [1.54, 1.807) is 6.07 Å². The summed E-state index contributed by atoms with van der Waals surface area (Å²) in [5, 5.41) is 4.26. The number of halogens is 2. The normalized spacial score (nSPS) is 10.2. The van der Waals surface area contributed by atoms with Crippen LogP contribution in [0.5, 0.6) is 0 Å². The topological polar surface area (TPSA) is 34.5 Å². The van der Waals surface area contributed by atoms with Crippen LogP contribution in [0, 0.1) is 6.57 Å². The predicted molar refractivity (Wildman–Crippen MR) is 52.0 cm³/mol. The Kier molecular flexibility index (Phi) is 1.94. The minimum Gasteiger partial charge on any atom is -0.360 e. The van der Waals surface area contributed by atoms with Crippen LogP contribution in [-0.4, -0.2) is 14.6 Å². The number of aromatic nitrogens is 3. The van der Waals surface area contributed by atoms with Crippen molar-refractivity contribution in [3.05, 3.63) is 33.3 Å². The molecular weight excluding hydrogens is 255 g/mol. The first-order valence-electron chi connectivity index (χ1n) is 3.29. The first-order valence-corrected chi connectivity index (χ1v) is 4.46. The molecule has 0 aliphatic rings. The lowest BCUT2D eigenvalue weighted by Crippen LogP contribution is -1.91. The SMILES string of the molecule is [C-]#[N+]c1cnc2c(Br)cc(Cl)nn12. The van der Waals surface area contributed by atoms with Crippen molar-refractivity contribution >= 4 is 39.0 Å². The zero-order valence-corrected chi connectivity index (χ0v) is 8.54. The summed E-state index contributed by atoms with van der Waals surface area (Å²) in [4.78, 5) is 7.26. The molecule has 2 heterocycles. The molecule has 0 saturated carbocycles. The van der Waals surface area contributed by atoms with E-state index in [0.29, 0.717) is 16.6 Å². The molecule has 2 rings (SSSR count). The van der Waals surface area contributed by atoms with Gasteiger partial charge in [-0.2, -0.15) is 0 Å². The zero-order valence-electron chi connectivity index (χ0n) is 6.20. The fraction of sp³-hybridized carbons (Fsp3) is 0. The van der Waals surface area contributed by atoms with E-state index in [-0.39, 0.29) is 0 Å². The smallest absolute Gasteiger partial charge is 0.275 e. The van der Waals surface area contributed by atoms with Crippen molar-refractivity contribution in [2.75, 3.05) is 0 Å². The van der Waals surface area contributed by atoms with E-state index in [9.17, 15) is 0 Å². The number of fused-ring (bicyclic) bond motifs is 1. The first-order chi connectivity index (χ1) is 6.22. The molecule has 0 saturated heterocycles. The van der Waals surface area contributed by atoms with Gasteiger partial charge in [-0.25, -0.2) is 4.98 Å². The Morgan fingerprint density at radius 3 is 3.08 bits per heavy atom. The molecule has 0 unspecified atom stereocenters. The third-order valence-corrected chi connectivity index (χ3v) is 2.26. The Morgan fingerprint density at radius 1 is 1.62 bits per heavy atom. The molecule has 0 aliphatic carbocycles. The van der Waals surface area contributed by atoms with Crippen molar-refractivity contribution < 1.29 is 0 Å². The van der Waals surface area contributed by atoms with E-state index < -0.39 is 0 Å². The van der Waals surface area contributed by atoms with Crippen LogP contribution in [-0.2, 0) is 0 Å². The Bertz CT molecular complexity index is 513. The minimum absolute atomic E-state index is 0.322. The predicted octanol–water partition coefficient (Wildman–Crippen LogP) is 2.70. The highest BCUT2D eigenvalue weighted by atomic mass is 79.9. The Labute approximate surface area is 87.1 Å². The van der Waals surface area contributed by atoms with E-state index in [4.69, 9.17) is 18.2 Å². The maximum atomic E-state index is 6.85. The Morgan fingerprint density at radius 2 is 2.38 bits per heavy atom. The molecule has 0 aliphatic heterocycles. The van der Waals surface area contributed by atoms with Gasteiger partial charge in [0.05, 0.1) is 10.7 Å². The molecule has 0 bridgehead atoms. The van der Waals surface area contributed by atoms with E-state index in [2.05, 4.69) is 30.9 Å². The van der Waals surface area contributed by atoms with Gasteiger partial charge in [0.2, 0.25) is 5.65 Å². The second-order valence-corrected chi connectivity index (χ2v) is 3.52. The van der Waals surface area contributed by atoms with Crippen LogP contribution in [0.1, 0.15) is 0 Å². The summed E-state index contributed by atoms with van der Waals surface area (Å²) < 4.78 is 2.13. The lowest BCUT2D eigenvalue weighted by atomic mass is 10.6. The van der Waals surface area contributed by atoms with Crippen LogP contribution in [0.25, 0.3) is 10.5 Å². The third-order valence-electron chi connectivity index (χ3n) is 1.49. The first kappa shape index (κ1) is 8.48. The number of hydrogen-bond acceptors (Lipinski definition) is 2. The summed E-state index contributed by atoms with van der Waals surface area (Å²) in [6.45, 7) is 6.85. The summed E-state index contributed by atoms with van der Waals surface area (Å²) >= 11 is 9.00. The molecule has 64 valence electrons. The molecule has 0 fully saturated rings. The van der Waals surface area contributed by atoms with Crippen molar-refractivity contribution in [3.8, 4) is 0 Å². The average Bonchev–Trinajstić information content (AvgIpc) is 2.47. The van der Waals surface area contributed by atoms with E-state index >= 15 is 0 Å². The summed E-state index contributed by atoms with van der Waals surface area (Å²) in [5.41, 5.74) is 0.593. The number of nitrogens with zero attached hydrogens (tertiary/aromatic N) is 4. The van der Waals surface area contributed by atoms with Crippen molar-refractivity contribution in [2.24, 2.45) is 0 Å². The lowest BCUT2D eigenvalue weighted by molar-refractivity contribution is 0.946. The van der Waals surface area contributed by atoms with E-state index in [1.165, 1.54) is 10.7 Å². The maximum absolute atomic E-state index is 6.85. The molecule has 0 N–H and O–H groups in total. The van der Waals surface area contributed by atoms with Gasteiger partial charge in [0.1, 0.15) is 0 Å². The second kappa shape index (κ2) is 2.98. The zero-order chi connectivity index (χ0) is 9.42. The molecule has 0 radical (unpaired) electrons. The fourth-order valence-electron chi connectivity index (χ4n) is 0.968. The Balaban J connectivity index is 2.92. The molecule has 6 heteroatoms. The fourth-order valence-corrected chi connectivity index (χ4v) is 1.77. The van der Waals surface area contributed by atoms with Crippen LogP contribution >= 0.6 is 27.5 Å². The van der Waals surface area contributed by atoms with Crippen LogP contribution < -0.4 is 0 Å². The summed E-state index contributed by atoms with van der Waals surface area (Å²) in [6.07, 6.45) is 1.45. The van der Waals surface area contributed by atoms with Gasteiger partial charge in [-0.05, 0) is 22.0 Å². The largest absolute Gasteiger partial charge is 0.360 e. The van der Waals surface area contributed by atoms with Crippen LogP contribution in [0.2, 0.25) is 5.15 Å². The molecular formula is C7H2BrClN4. The molecule has 2 aromatic heterocycles. The molecule has 0 atom stereocenters. The number of rotatable bonds is 0. The van der Waals surface area contributed by atoms with Gasteiger partial charge in [-0.15, -0.1) is 4.52 Å². The van der Waals surface area contributed by atoms with Crippen LogP contribution in [0.3, 0.4) is 0 Å². The Hall–Kier alpha value is -1.12. The van der Waals surface area contributed by atoms with Crippen molar-refractivity contribution in [3.63, 3.8) is 0 Å². The van der Waals surface area contributed by atoms with Crippen molar-refractivity contribution in [2.45, 2.75) is 0 Å². The highest BCUT2D eigenvalue weighted by molar-refractivity contribution is 9.10. The molecule has 13 heavy (non-hydrogen) atoms.